The molecule has 4 aromatic rings. The number of ether oxygens (including phenoxy) is 3. The van der Waals surface area contributed by atoms with Crippen molar-refractivity contribution in [2.24, 2.45) is 0 Å². The lowest BCUT2D eigenvalue weighted by Crippen LogP contribution is -2.37. The van der Waals surface area contributed by atoms with Crippen LogP contribution in [0.25, 0.3) is 17.2 Å². The maximum absolute atomic E-state index is 13.8. The Morgan fingerprint density at radius 1 is 1.06 bits per heavy atom. The first-order valence-electron chi connectivity index (χ1n) is 18.0. The van der Waals surface area contributed by atoms with Crippen molar-refractivity contribution in [2.45, 2.75) is 65.1 Å². The van der Waals surface area contributed by atoms with Gasteiger partial charge in [0.15, 0.2) is 0 Å². The Bertz CT molecular complexity index is 1710. The molecule has 1 unspecified atom stereocenters. The van der Waals surface area contributed by atoms with Crippen LogP contribution in [0.3, 0.4) is 0 Å². The SMILES string of the molecule is CCCCOCCOc1ccc(-c2ccc3c(c2)C=C(C(=O)Nc2ccc(CN(C)C4CCCOC4)cc2)CCN3Cc2csnc2C)cc1. The number of likely N-dealkylation sites (N-methyl/N-ethyl adjacent to an activating group) is 1. The van der Waals surface area contributed by atoms with Crippen molar-refractivity contribution in [2.75, 3.05) is 56.8 Å². The summed E-state index contributed by atoms with van der Waals surface area (Å²) in [4.78, 5) is 18.5. The Balaban J connectivity index is 1.16. The fourth-order valence-corrected chi connectivity index (χ4v) is 7.19. The Morgan fingerprint density at radius 2 is 1.88 bits per heavy atom. The van der Waals surface area contributed by atoms with Gasteiger partial charge in [0.1, 0.15) is 12.4 Å². The van der Waals surface area contributed by atoms with Gasteiger partial charge in [-0.15, -0.1) is 0 Å². The molecule has 1 N–H and O–H groups in total. The molecule has 3 aromatic carbocycles. The summed E-state index contributed by atoms with van der Waals surface area (Å²) >= 11 is 1.49. The van der Waals surface area contributed by atoms with E-state index in [0.717, 1.165) is 104 Å². The van der Waals surface area contributed by atoms with E-state index in [1.807, 2.05) is 24.3 Å². The summed E-state index contributed by atoms with van der Waals surface area (Å²) in [6.07, 6.45) is 7.18. The van der Waals surface area contributed by atoms with E-state index in [2.05, 4.69) is 94.3 Å². The molecule has 6 rings (SSSR count). The van der Waals surface area contributed by atoms with E-state index >= 15 is 0 Å². The summed E-state index contributed by atoms with van der Waals surface area (Å²) < 4.78 is 21.7. The van der Waals surface area contributed by atoms with Crippen LogP contribution in [0.15, 0.2) is 77.7 Å². The number of fused-ring (bicyclic) bond motifs is 1. The minimum atomic E-state index is -0.0685. The molecular weight excluding hydrogens is 645 g/mol. The van der Waals surface area contributed by atoms with Crippen molar-refractivity contribution < 1.29 is 19.0 Å². The largest absolute Gasteiger partial charge is 0.491 e. The van der Waals surface area contributed by atoms with Gasteiger partial charge < -0.3 is 24.4 Å². The summed E-state index contributed by atoms with van der Waals surface area (Å²) in [5, 5.41) is 5.30. The first-order valence-corrected chi connectivity index (χ1v) is 18.8. The molecule has 2 aliphatic rings. The lowest BCUT2D eigenvalue weighted by atomic mass is 10.00. The molecule has 1 amide bonds. The molecule has 8 nitrogen and oxygen atoms in total. The third-order valence-electron chi connectivity index (χ3n) is 9.58. The van der Waals surface area contributed by atoms with Crippen molar-refractivity contribution >= 4 is 34.9 Å². The van der Waals surface area contributed by atoms with Crippen molar-refractivity contribution in [3.8, 4) is 16.9 Å². The molecular formula is C41H50N4O4S. The Hall–Kier alpha value is -4.02. The molecule has 50 heavy (non-hydrogen) atoms. The predicted molar refractivity (Wildman–Crippen MR) is 204 cm³/mol. The van der Waals surface area contributed by atoms with Gasteiger partial charge in [-0.2, -0.15) is 4.37 Å². The molecule has 1 aromatic heterocycles. The van der Waals surface area contributed by atoms with E-state index in [1.54, 1.807) is 0 Å². The summed E-state index contributed by atoms with van der Waals surface area (Å²) in [5.74, 6) is 0.757. The molecule has 1 atom stereocenters. The van der Waals surface area contributed by atoms with E-state index in [1.165, 1.54) is 29.1 Å². The highest BCUT2D eigenvalue weighted by molar-refractivity contribution is 7.03. The summed E-state index contributed by atoms with van der Waals surface area (Å²) in [6.45, 7) is 10.1. The highest BCUT2D eigenvalue weighted by atomic mass is 32.1. The zero-order valence-corrected chi connectivity index (χ0v) is 30.5. The molecule has 0 saturated carbocycles. The Morgan fingerprint density at radius 3 is 2.62 bits per heavy atom. The van der Waals surface area contributed by atoms with Crippen molar-refractivity contribution in [3.63, 3.8) is 0 Å². The highest BCUT2D eigenvalue weighted by Crippen LogP contribution is 2.34. The van der Waals surface area contributed by atoms with E-state index in [4.69, 9.17) is 14.2 Å². The topological polar surface area (TPSA) is 76.2 Å². The number of nitrogens with zero attached hydrogens (tertiary/aromatic N) is 3. The number of amides is 1. The molecule has 0 spiro atoms. The number of carbonyl (C=O) groups is 1. The second kappa shape index (κ2) is 17.8. The van der Waals surface area contributed by atoms with Crippen molar-refractivity contribution in [1.29, 1.82) is 0 Å². The van der Waals surface area contributed by atoms with Gasteiger partial charge in [-0.05, 0) is 116 Å². The van der Waals surface area contributed by atoms with Gasteiger partial charge in [0.2, 0.25) is 0 Å². The van der Waals surface area contributed by atoms with Crippen LogP contribution in [0.2, 0.25) is 0 Å². The molecule has 0 aliphatic carbocycles. The highest BCUT2D eigenvalue weighted by Gasteiger charge is 2.22. The third-order valence-corrected chi connectivity index (χ3v) is 10.4. The number of nitrogens with one attached hydrogen (secondary N) is 1. The van der Waals surface area contributed by atoms with Crippen molar-refractivity contribution in [1.82, 2.24) is 9.27 Å². The number of benzene rings is 3. The number of hydrogen-bond donors (Lipinski definition) is 1. The zero-order valence-electron chi connectivity index (χ0n) is 29.7. The molecule has 264 valence electrons. The van der Waals surface area contributed by atoms with Crippen LogP contribution < -0.4 is 15.0 Å². The minimum Gasteiger partial charge on any atom is -0.491 e. The second-order valence-electron chi connectivity index (χ2n) is 13.3. The van der Waals surface area contributed by atoms with Gasteiger partial charge >= 0.3 is 0 Å². The van der Waals surface area contributed by atoms with Crippen LogP contribution in [0.5, 0.6) is 5.75 Å². The van der Waals surface area contributed by atoms with Crippen LogP contribution in [-0.2, 0) is 27.4 Å². The molecule has 0 radical (unpaired) electrons. The second-order valence-corrected chi connectivity index (χ2v) is 13.9. The molecule has 3 heterocycles. The fourth-order valence-electron chi connectivity index (χ4n) is 6.49. The molecule has 9 heteroatoms. The van der Waals surface area contributed by atoms with Crippen LogP contribution in [0.4, 0.5) is 11.4 Å². The number of aromatic nitrogens is 1. The van der Waals surface area contributed by atoms with Crippen LogP contribution in [0.1, 0.15) is 61.4 Å². The molecule has 0 bridgehead atoms. The zero-order chi connectivity index (χ0) is 34.7. The number of unbranched alkanes of at least 4 members (excludes halogenated alkanes) is 1. The first kappa shape index (κ1) is 35.8. The standard InChI is InChI=1S/C41H50N4O4S/c1-4-5-20-47-22-23-49-39-15-10-32(11-16-39)33-12-17-40-35(24-33)25-34(18-19-45(40)27-36-29-50-43-30(36)2)41(46)42-37-13-8-31(9-14-37)26-44(3)38-7-6-21-48-28-38/h8-17,24-25,29,38H,4-7,18-23,26-28H2,1-3H3,(H,42,46). The van der Waals surface area contributed by atoms with E-state index in [9.17, 15) is 4.79 Å². The van der Waals surface area contributed by atoms with E-state index < -0.39 is 0 Å². The monoisotopic (exact) mass is 694 g/mol. The third kappa shape index (κ3) is 9.60. The number of anilines is 2. The van der Waals surface area contributed by atoms with Crippen LogP contribution in [-0.4, -0.2) is 67.8 Å². The lowest BCUT2D eigenvalue weighted by molar-refractivity contribution is -0.112. The van der Waals surface area contributed by atoms with Gasteiger partial charge in [-0.3, -0.25) is 9.69 Å². The number of rotatable bonds is 15. The molecule has 1 saturated heterocycles. The van der Waals surface area contributed by atoms with Crippen LogP contribution >= 0.6 is 11.5 Å². The first-order chi connectivity index (χ1) is 24.5. The number of carbonyl (C=O) groups excluding carboxylic acids is 1. The lowest BCUT2D eigenvalue weighted by Gasteiger charge is -2.31. The van der Waals surface area contributed by atoms with Gasteiger partial charge in [0.05, 0.1) is 18.9 Å². The Labute approximate surface area is 301 Å². The average Bonchev–Trinajstić information content (AvgIpc) is 3.46. The summed E-state index contributed by atoms with van der Waals surface area (Å²) in [5.41, 5.74) is 9.37. The number of aryl methyl sites for hydroxylation is 1. The fraction of sp³-hybridized carbons (Fsp3) is 0.415. The number of hydrogen-bond acceptors (Lipinski definition) is 8. The van der Waals surface area contributed by atoms with E-state index in [0.29, 0.717) is 25.7 Å². The maximum Gasteiger partial charge on any atom is 0.251 e. The van der Waals surface area contributed by atoms with Gasteiger partial charge in [0.25, 0.3) is 5.91 Å². The minimum absolute atomic E-state index is 0.0685. The van der Waals surface area contributed by atoms with Gasteiger partial charge in [0, 0.05) is 66.8 Å². The van der Waals surface area contributed by atoms with Gasteiger partial charge in [-0.25, -0.2) is 0 Å². The maximum atomic E-state index is 13.8. The van der Waals surface area contributed by atoms with Crippen LogP contribution in [0, 0.1) is 6.92 Å². The van der Waals surface area contributed by atoms with Crippen molar-refractivity contribution in [3.05, 3.63) is 100 Å². The molecule has 1 fully saturated rings. The smallest absolute Gasteiger partial charge is 0.251 e. The van der Waals surface area contributed by atoms with E-state index in [-0.39, 0.29) is 5.91 Å². The predicted octanol–water partition coefficient (Wildman–Crippen LogP) is 8.36. The quantitative estimate of drug-likeness (QED) is 0.125. The summed E-state index contributed by atoms with van der Waals surface area (Å²) in [7, 11) is 2.16. The normalized spacial score (nSPS) is 16.1. The molecule has 2 aliphatic heterocycles. The Kier molecular flexibility index (Phi) is 12.7. The average molecular weight is 695 g/mol. The summed E-state index contributed by atoms with van der Waals surface area (Å²) in [6, 6.07) is 23.4. The van der Waals surface area contributed by atoms with Gasteiger partial charge in [-0.1, -0.05) is 43.7 Å².